The molecule has 164 valence electrons. The van der Waals surface area contributed by atoms with Gasteiger partial charge in [0.05, 0.1) is 11.7 Å². The molecule has 0 radical (unpaired) electrons. The lowest BCUT2D eigenvalue weighted by Gasteiger charge is -2.17. The van der Waals surface area contributed by atoms with Crippen LogP contribution in [0.15, 0.2) is 30.6 Å². The minimum absolute atomic E-state index is 0.0112. The predicted octanol–water partition coefficient (Wildman–Crippen LogP) is 4.45. The highest BCUT2D eigenvalue weighted by atomic mass is 19.1. The Hall–Kier alpha value is -3.46. The molecule has 0 spiro atoms. The third-order valence-electron chi connectivity index (χ3n) is 5.67. The summed E-state index contributed by atoms with van der Waals surface area (Å²) in [6.45, 7) is 7.51. The summed E-state index contributed by atoms with van der Waals surface area (Å²) in [5, 5.41) is 6.36. The Labute approximate surface area is 184 Å². The quantitative estimate of drug-likeness (QED) is 0.493. The number of fused-ring (bicyclic) bond motifs is 2. The summed E-state index contributed by atoms with van der Waals surface area (Å²) in [7, 11) is 0. The molecule has 0 saturated heterocycles. The van der Waals surface area contributed by atoms with Crippen LogP contribution in [0, 0.1) is 18.6 Å². The van der Waals surface area contributed by atoms with Gasteiger partial charge in [0, 0.05) is 24.3 Å². The van der Waals surface area contributed by atoms with Crippen LogP contribution >= 0.6 is 0 Å². The second-order valence-electron chi connectivity index (χ2n) is 8.23. The van der Waals surface area contributed by atoms with Crippen molar-refractivity contribution in [3.63, 3.8) is 0 Å². The zero-order valence-electron chi connectivity index (χ0n) is 18.1. The molecular formula is C23H23F2N7. The Morgan fingerprint density at radius 2 is 1.88 bits per heavy atom. The van der Waals surface area contributed by atoms with E-state index in [4.69, 9.17) is 0 Å². The lowest BCUT2D eigenvalue weighted by atomic mass is 10.0. The molecule has 0 fully saturated rings. The van der Waals surface area contributed by atoms with Crippen molar-refractivity contribution in [2.75, 3.05) is 11.9 Å². The van der Waals surface area contributed by atoms with Gasteiger partial charge in [-0.05, 0) is 63.1 Å². The summed E-state index contributed by atoms with van der Waals surface area (Å²) < 4.78 is 31.5. The first kappa shape index (κ1) is 20.4. The number of nitrogens with zero attached hydrogens (tertiary/aromatic N) is 5. The Kier molecular flexibility index (Phi) is 5.05. The van der Waals surface area contributed by atoms with Crippen molar-refractivity contribution >= 4 is 22.8 Å². The van der Waals surface area contributed by atoms with Crippen LogP contribution in [0.1, 0.15) is 36.8 Å². The molecule has 0 bridgehead atoms. The van der Waals surface area contributed by atoms with Gasteiger partial charge in [0.2, 0.25) is 5.95 Å². The second-order valence-corrected chi connectivity index (χ2v) is 8.23. The zero-order chi connectivity index (χ0) is 22.4. The number of hydrogen-bond donors (Lipinski definition) is 2. The second kappa shape index (κ2) is 7.90. The van der Waals surface area contributed by atoms with E-state index in [0.717, 1.165) is 31.3 Å². The fraction of sp³-hybridized carbons (Fsp3) is 0.304. The van der Waals surface area contributed by atoms with Crippen molar-refractivity contribution in [2.24, 2.45) is 0 Å². The third-order valence-corrected chi connectivity index (χ3v) is 5.67. The van der Waals surface area contributed by atoms with Gasteiger partial charge in [-0.1, -0.05) is 0 Å². The SMILES string of the molecule is Cc1nc2c(F)cc(-c3nc(Nc4cc5c(cn4)CCNC5)ncc3F)cc2n1C(C)C. The minimum atomic E-state index is -0.635. The van der Waals surface area contributed by atoms with E-state index in [1.54, 1.807) is 6.07 Å². The molecule has 0 amide bonds. The van der Waals surface area contributed by atoms with Crippen LogP contribution in [0.3, 0.4) is 0 Å². The molecule has 3 aromatic heterocycles. The molecule has 1 aliphatic heterocycles. The van der Waals surface area contributed by atoms with E-state index in [0.29, 0.717) is 22.7 Å². The fourth-order valence-electron chi connectivity index (χ4n) is 4.23. The number of imidazole rings is 1. The van der Waals surface area contributed by atoms with Crippen LogP contribution in [-0.4, -0.2) is 31.0 Å². The molecule has 7 nitrogen and oxygen atoms in total. The number of rotatable bonds is 4. The molecule has 1 aromatic carbocycles. The van der Waals surface area contributed by atoms with Crippen molar-refractivity contribution in [3.05, 3.63) is 59.2 Å². The van der Waals surface area contributed by atoms with Gasteiger partial charge in [-0.3, -0.25) is 0 Å². The number of pyridine rings is 1. The largest absolute Gasteiger partial charge is 0.326 e. The molecule has 9 heteroatoms. The summed E-state index contributed by atoms with van der Waals surface area (Å²) in [5.74, 6) is 0.303. The van der Waals surface area contributed by atoms with Crippen molar-refractivity contribution < 1.29 is 8.78 Å². The first-order valence-corrected chi connectivity index (χ1v) is 10.6. The average molecular weight is 435 g/mol. The number of halogens is 2. The molecule has 0 atom stereocenters. The lowest BCUT2D eigenvalue weighted by Crippen LogP contribution is -2.23. The topological polar surface area (TPSA) is 80.6 Å². The average Bonchev–Trinajstić information content (AvgIpc) is 3.11. The normalized spacial score (nSPS) is 13.6. The van der Waals surface area contributed by atoms with Crippen molar-refractivity contribution in [1.82, 2.24) is 29.8 Å². The molecule has 0 aliphatic carbocycles. The fourth-order valence-corrected chi connectivity index (χ4v) is 4.23. The van der Waals surface area contributed by atoms with Gasteiger partial charge < -0.3 is 15.2 Å². The standard InChI is InChI=1S/C23H23F2N7/c1-12(2)32-13(3)29-22-17(24)6-15(7-19(22)32)21-18(25)11-28-23(31-21)30-20-8-16-9-26-5-4-14(16)10-27-20/h6-8,10-12,26H,4-5,9H2,1-3H3,(H,27,28,30,31). The third kappa shape index (κ3) is 3.58. The number of aryl methyl sites for hydroxylation is 1. The molecule has 2 N–H and O–H groups in total. The van der Waals surface area contributed by atoms with Gasteiger partial charge >= 0.3 is 0 Å². The van der Waals surface area contributed by atoms with Crippen molar-refractivity contribution in [1.29, 1.82) is 0 Å². The van der Waals surface area contributed by atoms with Crippen molar-refractivity contribution in [3.8, 4) is 11.3 Å². The van der Waals surface area contributed by atoms with E-state index in [-0.39, 0.29) is 23.2 Å². The summed E-state index contributed by atoms with van der Waals surface area (Å²) >= 11 is 0. The van der Waals surface area contributed by atoms with Crippen LogP contribution in [0.2, 0.25) is 0 Å². The zero-order valence-corrected chi connectivity index (χ0v) is 18.1. The molecule has 0 unspecified atom stereocenters. The molecule has 32 heavy (non-hydrogen) atoms. The smallest absolute Gasteiger partial charge is 0.229 e. The number of aromatic nitrogens is 5. The van der Waals surface area contributed by atoms with Crippen LogP contribution in [0.25, 0.3) is 22.3 Å². The first-order chi connectivity index (χ1) is 15.4. The summed E-state index contributed by atoms with van der Waals surface area (Å²) in [6, 6.07) is 4.99. The van der Waals surface area contributed by atoms with E-state index in [2.05, 4.69) is 30.6 Å². The molecule has 0 saturated carbocycles. The number of nitrogens with one attached hydrogen (secondary N) is 2. The Morgan fingerprint density at radius 1 is 1.03 bits per heavy atom. The molecule has 4 heterocycles. The molecule has 1 aliphatic rings. The highest BCUT2D eigenvalue weighted by Gasteiger charge is 2.19. The Morgan fingerprint density at radius 3 is 2.69 bits per heavy atom. The maximum absolute atomic E-state index is 14.9. The van der Waals surface area contributed by atoms with Crippen molar-refractivity contribution in [2.45, 2.75) is 39.8 Å². The summed E-state index contributed by atoms with van der Waals surface area (Å²) in [4.78, 5) is 17.1. The van der Waals surface area contributed by atoms with Gasteiger partial charge in [-0.2, -0.15) is 0 Å². The van der Waals surface area contributed by atoms with Crippen LogP contribution in [-0.2, 0) is 13.0 Å². The molecule has 4 aromatic rings. The van der Waals surface area contributed by atoms with Crippen LogP contribution in [0.4, 0.5) is 20.5 Å². The van der Waals surface area contributed by atoms with Crippen LogP contribution in [0.5, 0.6) is 0 Å². The van der Waals surface area contributed by atoms with Gasteiger partial charge in [0.15, 0.2) is 11.6 Å². The highest BCUT2D eigenvalue weighted by molar-refractivity contribution is 5.83. The Bertz CT molecular complexity index is 1330. The predicted molar refractivity (Wildman–Crippen MR) is 119 cm³/mol. The van der Waals surface area contributed by atoms with Gasteiger partial charge in [0.25, 0.3) is 0 Å². The van der Waals surface area contributed by atoms with E-state index in [1.165, 1.54) is 11.6 Å². The molecule has 5 rings (SSSR count). The summed E-state index contributed by atoms with van der Waals surface area (Å²) in [5.41, 5.74) is 3.56. The monoisotopic (exact) mass is 435 g/mol. The van der Waals surface area contributed by atoms with Crippen LogP contribution < -0.4 is 10.6 Å². The van der Waals surface area contributed by atoms with E-state index in [1.807, 2.05) is 37.6 Å². The van der Waals surface area contributed by atoms with E-state index < -0.39 is 11.6 Å². The van der Waals surface area contributed by atoms with Gasteiger partial charge in [0.1, 0.15) is 22.9 Å². The maximum Gasteiger partial charge on any atom is 0.229 e. The number of anilines is 2. The summed E-state index contributed by atoms with van der Waals surface area (Å²) in [6.07, 6.45) is 3.85. The van der Waals surface area contributed by atoms with Gasteiger partial charge in [-0.15, -0.1) is 0 Å². The first-order valence-electron chi connectivity index (χ1n) is 10.6. The van der Waals surface area contributed by atoms with E-state index >= 15 is 0 Å². The molecular weight excluding hydrogens is 412 g/mol. The minimum Gasteiger partial charge on any atom is -0.326 e. The number of benzene rings is 1. The Balaban J connectivity index is 1.54. The maximum atomic E-state index is 14.9. The number of hydrogen-bond acceptors (Lipinski definition) is 6. The highest BCUT2D eigenvalue weighted by Crippen LogP contribution is 2.30. The van der Waals surface area contributed by atoms with E-state index in [9.17, 15) is 8.78 Å². The lowest BCUT2D eigenvalue weighted by molar-refractivity contribution is 0.600. The van der Waals surface area contributed by atoms with Gasteiger partial charge in [-0.25, -0.2) is 28.7 Å².